The van der Waals surface area contributed by atoms with E-state index < -0.39 is 0 Å². The van der Waals surface area contributed by atoms with Gasteiger partial charge in [-0.2, -0.15) is 5.26 Å². The Balaban J connectivity index is 2.15. The van der Waals surface area contributed by atoms with Crippen LogP contribution in [0, 0.1) is 11.3 Å². The molecular weight excluding hydrogens is 188 g/mol. The molecule has 0 amide bonds. The first-order valence-corrected chi connectivity index (χ1v) is 5.53. The number of nitrogens with two attached hydrogens (primary N) is 1. The average molecular weight is 202 g/mol. The van der Waals surface area contributed by atoms with E-state index in [-0.39, 0.29) is 5.54 Å². The normalized spacial score (nSPS) is 21.9. The fraction of sp³-hybridized carbons (Fsp3) is 0.636. The highest BCUT2D eigenvalue weighted by molar-refractivity contribution is 5.34. The Hall–Kier alpha value is -1.34. The maximum absolute atomic E-state index is 9.03. The number of rotatable bonds is 1. The van der Waals surface area contributed by atoms with Crippen molar-refractivity contribution in [3.63, 3.8) is 0 Å². The van der Waals surface area contributed by atoms with E-state index in [9.17, 15) is 0 Å². The Morgan fingerprint density at radius 2 is 2.20 bits per heavy atom. The highest BCUT2D eigenvalue weighted by Crippen LogP contribution is 2.43. The molecule has 0 atom stereocenters. The third kappa shape index (κ3) is 1.20. The van der Waals surface area contributed by atoms with E-state index >= 15 is 0 Å². The summed E-state index contributed by atoms with van der Waals surface area (Å²) in [6.45, 7) is 0.984. The van der Waals surface area contributed by atoms with Crippen molar-refractivity contribution >= 4 is 0 Å². The van der Waals surface area contributed by atoms with E-state index in [1.165, 1.54) is 6.42 Å². The van der Waals surface area contributed by atoms with E-state index in [0.29, 0.717) is 5.69 Å². The van der Waals surface area contributed by atoms with Crippen LogP contribution in [0.1, 0.15) is 42.9 Å². The van der Waals surface area contributed by atoms with E-state index in [1.54, 1.807) is 0 Å². The van der Waals surface area contributed by atoms with Crippen molar-refractivity contribution in [2.45, 2.75) is 44.2 Å². The number of nitriles is 1. The van der Waals surface area contributed by atoms with Crippen molar-refractivity contribution < 1.29 is 0 Å². The Bertz CT molecular complexity index is 448. The van der Waals surface area contributed by atoms with Crippen molar-refractivity contribution in [2.24, 2.45) is 5.73 Å². The second-order valence-electron chi connectivity index (χ2n) is 4.61. The van der Waals surface area contributed by atoms with E-state index in [4.69, 9.17) is 11.0 Å². The van der Waals surface area contributed by atoms with Gasteiger partial charge >= 0.3 is 0 Å². The first-order valence-electron chi connectivity index (χ1n) is 5.53. The molecule has 0 aromatic carbocycles. The molecular formula is C11H14N4. The van der Waals surface area contributed by atoms with Crippen LogP contribution in [0.15, 0.2) is 0 Å². The van der Waals surface area contributed by atoms with Gasteiger partial charge in [0.25, 0.3) is 0 Å². The number of hydrogen-bond donors (Lipinski definition) is 1. The minimum Gasteiger partial charge on any atom is -0.329 e. The molecule has 1 aliphatic carbocycles. The fourth-order valence-electron chi connectivity index (χ4n) is 2.37. The molecule has 2 aliphatic rings. The van der Waals surface area contributed by atoms with Gasteiger partial charge in [0.15, 0.2) is 5.69 Å². The second kappa shape index (κ2) is 2.83. The molecule has 0 saturated heterocycles. The Morgan fingerprint density at radius 3 is 2.87 bits per heavy atom. The van der Waals surface area contributed by atoms with Crippen molar-refractivity contribution in [3.05, 3.63) is 17.2 Å². The minimum absolute atomic E-state index is 0.221. The van der Waals surface area contributed by atoms with Crippen LogP contribution >= 0.6 is 0 Å². The number of nitrogens with zero attached hydrogens (tertiary/aromatic N) is 3. The summed E-state index contributed by atoms with van der Waals surface area (Å²) in [4.78, 5) is 4.42. The molecule has 15 heavy (non-hydrogen) atoms. The lowest BCUT2D eigenvalue weighted by Crippen LogP contribution is -2.26. The lowest BCUT2D eigenvalue weighted by molar-refractivity contribution is 0.489. The molecule has 2 N–H and O–H groups in total. The zero-order valence-electron chi connectivity index (χ0n) is 8.66. The van der Waals surface area contributed by atoms with Crippen LogP contribution in [0.25, 0.3) is 0 Å². The summed E-state index contributed by atoms with van der Waals surface area (Å²) >= 11 is 0. The summed E-state index contributed by atoms with van der Waals surface area (Å²) in [5.41, 5.74) is 7.65. The van der Waals surface area contributed by atoms with Gasteiger partial charge in [0.05, 0.1) is 11.2 Å². The molecule has 4 nitrogen and oxygen atoms in total. The zero-order chi connectivity index (χ0) is 10.5. The highest BCUT2D eigenvalue weighted by Gasteiger charge is 2.45. The molecule has 1 aromatic rings. The molecule has 1 aliphatic heterocycles. The predicted molar refractivity (Wildman–Crippen MR) is 55.0 cm³/mol. The van der Waals surface area contributed by atoms with Gasteiger partial charge in [-0.25, -0.2) is 4.98 Å². The van der Waals surface area contributed by atoms with Crippen LogP contribution in [0.4, 0.5) is 0 Å². The van der Waals surface area contributed by atoms with Gasteiger partial charge in [0.1, 0.15) is 11.9 Å². The highest BCUT2D eigenvalue weighted by atomic mass is 15.1. The lowest BCUT2D eigenvalue weighted by atomic mass is 10.1. The van der Waals surface area contributed by atoms with Crippen LogP contribution in [-0.2, 0) is 18.5 Å². The average Bonchev–Trinajstić information content (AvgIpc) is 2.90. The van der Waals surface area contributed by atoms with Gasteiger partial charge in [0.2, 0.25) is 0 Å². The quantitative estimate of drug-likeness (QED) is 0.739. The third-order valence-electron chi connectivity index (χ3n) is 3.46. The van der Waals surface area contributed by atoms with Crippen LogP contribution in [0.3, 0.4) is 0 Å². The van der Waals surface area contributed by atoms with Gasteiger partial charge in [-0.1, -0.05) is 0 Å². The molecule has 1 fully saturated rings. The third-order valence-corrected chi connectivity index (χ3v) is 3.46. The minimum atomic E-state index is -0.221. The van der Waals surface area contributed by atoms with Crippen LogP contribution in [0.2, 0.25) is 0 Å². The zero-order valence-corrected chi connectivity index (χ0v) is 8.66. The van der Waals surface area contributed by atoms with Crippen LogP contribution in [-0.4, -0.2) is 9.55 Å². The van der Waals surface area contributed by atoms with Gasteiger partial charge in [-0.15, -0.1) is 0 Å². The SMILES string of the molecule is N#Cc1nc(C2(N)CC2)n2c1CCCC2. The molecule has 0 radical (unpaired) electrons. The molecule has 78 valence electrons. The maximum Gasteiger partial charge on any atom is 0.162 e. The Morgan fingerprint density at radius 1 is 1.40 bits per heavy atom. The number of aromatic nitrogens is 2. The van der Waals surface area contributed by atoms with Gasteiger partial charge in [0, 0.05) is 6.54 Å². The summed E-state index contributed by atoms with van der Waals surface area (Å²) in [7, 11) is 0. The summed E-state index contributed by atoms with van der Waals surface area (Å²) in [6, 6.07) is 2.19. The molecule has 2 heterocycles. The van der Waals surface area contributed by atoms with E-state index in [1.807, 2.05) is 0 Å². The molecule has 3 rings (SSSR count). The van der Waals surface area contributed by atoms with E-state index in [0.717, 1.165) is 43.7 Å². The van der Waals surface area contributed by atoms with Crippen molar-refractivity contribution in [3.8, 4) is 6.07 Å². The largest absolute Gasteiger partial charge is 0.329 e. The second-order valence-corrected chi connectivity index (χ2v) is 4.61. The molecule has 1 aromatic heterocycles. The van der Waals surface area contributed by atoms with Crippen LogP contribution in [0.5, 0.6) is 0 Å². The molecule has 4 heteroatoms. The molecule has 0 bridgehead atoms. The van der Waals surface area contributed by atoms with Crippen molar-refractivity contribution in [1.82, 2.24) is 9.55 Å². The van der Waals surface area contributed by atoms with Gasteiger partial charge in [-0.3, -0.25) is 0 Å². The van der Waals surface area contributed by atoms with Crippen molar-refractivity contribution in [1.29, 1.82) is 5.26 Å². The topological polar surface area (TPSA) is 67.6 Å². The monoisotopic (exact) mass is 202 g/mol. The first kappa shape index (κ1) is 8.93. The molecule has 0 spiro atoms. The fourth-order valence-corrected chi connectivity index (χ4v) is 2.37. The summed E-state index contributed by atoms with van der Waals surface area (Å²) in [5.74, 6) is 0.953. The summed E-state index contributed by atoms with van der Waals surface area (Å²) in [6.07, 6.45) is 5.34. The number of hydrogen-bond acceptors (Lipinski definition) is 3. The maximum atomic E-state index is 9.03. The van der Waals surface area contributed by atoms with Gasteiger partial charge in [-0.05, 0) is 32.1 Å². The predicted octanol–water partition coefficient (Wildman–Crippen LogP) is 1.04. The van der Waals surface area contributed by atoms with Gasteiger partial charge < -0.3 is 10.3 Å². The standard InChI is InChI=1S/C11H14N4/c12-7-8-9-3-1-2-6-15(9)10(14-8)11(13)4-5-11/h1-6,13H2. The number of imidazole rings is 1. The summed E-state index contributed by atoms with van der Waals surface area (Å²) < 4.78 is 2.19. The Kier molecular flexibility index (Phi) is 1.68. The Labute approximate surface area is 88.7 Å². The van der Waals surface area contributed by atoms with Crippen LogP contribution < -0.4 is 5.73 Å². The molecule has 1 saturated carbocycles. The van der Waals surface area contributed by atoms with E-state index in [2.05, 4.69) is 15.6 Å². The smallest absolute Gasteiger partial charge is 0.162 e. The first-order chi connectivity index (χ1) is 7.24. The molecule has 0 unspecified atom stereocenters. The van der Waals surface area contributed by atoms with Crippen molar-refractivity contribution in [2.75, 3.05) is 0 Å². The number of fused-ring (bicyclic) bond motifs is 1. The lowest BCUT2D eigenvalue weighted by Gasteiger charge is -2.18. The summed E-state index contributed by atoms with van der Waals surface area (Å²) in [5, 5.41) is 9.03.